The average molecular weight is 706 g/mol. The Kier molecular flexibility index (Phi) is 7.08. The lowest BCUT2D eigenvalue weighted by Gasteiger charge is -2.42. The monoisotopic (exact) mass is 705 g/mol. The molecule has 2 aliphatic heterocycles. The SMILES string of the molecule is CC1(C2=CC=CC3Sc4ccccc4C23)CC=C2Sc3cc(-n4c5c(c6ccc(-c7ccccc7)cc64)C=CC(c4ccccc4)C5)ccc3C2C1. The maximum Gasteiger partial charge on any atom is 0.0543 e. The van der Waals surface area contributed by atoms with Crippen LogP contribution in [0.25, 0.3) is 33.8 Å². The van der Waals surface area contributed by atoms with Gasteiger partial charge in [-0.25, -0.2) is 0 Å². The lowest BCUT2D eigenvalue weighted by Crippen LogP contribution is -2.31. The molecule has 5 aliphatic rings. The zero-order valence-corrected chi connectivity index (χ0v) is 30.8. The van der Waals surface area contributed by atoms with Gasteiger partial charge in [0, 0.05) is 55.1 Å². The van der Waals surface area contributed by atoms with E-state index in [1.165, 1.54) is 71.9 Å². The number of nitrogens with zero attached hydrogens (tertiary/aromatic N) is 1. The summed E-state index contributed by atoms with van der Waals surface area (Å²) in [7, 11) is 0. The molecule has 3 heteroatoms. The fourth-order valence-corrected chi connectivity index (χ4v) is 12.5. The highest BCUT2D eigenvalue weighted by atomic mass is 32.2. The topological polar surface area (TPSA) is 4.93 Å². The first-order valence-corrected chi connectivity index (χ1v) is 20.4. The Balaban J connectivity index is 0.988. The highest BCUT2D eigenvalue weighted by molar-refractivity contribution is 8.03. The van der Waals surface area contributed by atoms with E-state index in [1.54, 1.807) is 10.5 Å². The second-order valence-corrected chi connectivity index (χ2v) is 17.8. The highest BCUT2D eigenvalue weighted by Crippen LogP contribution is 2.62. The van der Waals surface area contributed by atoms with Crippen molar-refractivity contribution in [2.24, 2.45) is 5.41 Å². The Morgan fingerprint density at radius 2 is 1.58 bits per heavy atom. The summed E-state index contributed by atoms with van der Waals surface area (Å²) in [6.07, 6.45) is 17.9. The molecule has 0 N–H and O–H groups in total. The first-order valence-electron chi connectivity index (χ1n) is 18.7. The second-order valence-electron chi connectivity index (χ2n) is 15.4. The molecule has 1 aromatic heterocycles. The van der Waals surface area contributed by atoms with E-state index in [0.717, 1.165) is 12.8 Å². The molecule has 5 aromatic carbocycles. The Hall–Kier alpha value is -4.70. The molecule has 0 amide bonds. The largest absolute Gasteiger partial charge is 0.313 e. The number of hydrogen-bond donors (Lipinski definition) is 0. The van der Waals surface area contributed by atoms with Crippen LogP contribution >= 0.6 is 23.5 Å². The number of allylic oxidation sites excluding steroid dienone is 6. The van der Waals surface area contributed by atoms with Crippen LogP contribution in [0.1, 0.15) is 65.5 Å². The van der Waals surface area contributed by atoms with Crippen molar-refractivity contribution in [1.82, 2.24) is 4.57 Å². The van der Waals surface area contributed by atoms with E-state index in [4.69, 9.17) is 0 Å². The van der Waals surface area contributed by atoms with Crippen LogP contribution in [0, 0.1) is 5.41 Å². The number of benzene rings is 5. The van der Waals surface area contributed by atoms with Crippen molar-refractivity contribution < 1.29 is 0 Å². The van der Waals surface area contributed by atoms with Crippen LogP contribution in [0.5, 0.6) is 0 Å². The molecular weight excluding hydrogens is 667 g/mol. The normalized spacial score (nSPS) is 25.2. The van der Waals surface area contributed by atoms with Gasteiger partial charge in [-0.15, -0.1) is 11.8 Å². The molecule has 0 radical (unpaired) electrons. The van der Waals surface area contributed by atoms with Gasteiger partial charge in [0.15, 0.2) is 0 Å². The van der Waals surface area contributed by atoms with Crippen LogP contribution < -0.4 is 0 Å². The van der Waals surface area contributed by atoms with Gasteiger partial charge in [-0.3, -0.25) is 0 Å². The first kappa shape index (κ1) is 30.9. The number of rotatable bonds is 4. The maximum absolute atomic E-state index is 2.59. The Morgan fingerprint density at radius 1 is 0.750 bits per heavy atom. The highest BCUT2D eigenvalue weighted by Gasteiger charge is 2.46. The fourth-order valence-electron chi connectivity index (χ4n) is 9.84. The molecule has 252 valence electrons. The minimum atomic E-state index is 0.128. The van der Waals surface area contributed by atoms with Gasteiger partial charge in [0.25, 0.3) is 0 Å². The van der Waals surface area contributed by atoms with E-state index in [1.807, 2.05) is 23.5 Å². The van der Waals surface area contributed by atoms with Crippen molar-refractivity contribution in [2.45, 2.75) is 59.0 Å². The third-order valence-corrected chi connectivity index (χ3v) is 15.0. The first-order chi connectivity index (χ1) is 25.6. The molecule has 3 aliphatic carbocycles. The smallest absolute Gasteiger partial charge is 0.0543 e. The zero-order valence-electron chi connectivity index (χ0n) is 29.2. The summed E-state index contributed by atoms with van der Waals surface area (Å²) in [6.45, 7) is 2.55. The van der Waals surface area contributed by atoms with Gasteiger partial charge < -0.3 is 4.57 Å². The van der Waals surface area contributed by atoms with Gasteiger partial charge in [-0.05, 0) is 81.7 Å². The average Bonchev–Trinajstić information content (AvgIpc) is 3.86. The van der Waals surface area contributed by atoms with Crippen molar-refractivity contribution in [2.75, 3.05) is 0 Å². The molecule has 0 spiro atoms. The summed E-state index contributed by atoms with van der Waals surface area (Å²) in [4.78, 5) is 4.43. The van der Waals surface area contributed by atoms with Gasteiger partial charge in [0.05, 0.1) is 5.52 Å². The molecule has 0 saturated heterocycles. The van der Waals surface area contributed by atoms with E-state index in [2.05, 4.69) is 169 Å². The molecular formula is C49H39NS2. The summed E-state index contributed by atoms with van der Waals surface area (Å²) in [6, 6.07) is 45.4. The molecule has 5 unspecified atom stereocenters. The summed E-state index contributed by atoms with van der Waals surface area (Å²) in [5, 5.41) is 1.84. The molecule has 52 heavy (non-hydrogen) atoms. The van der Waals surface area contributed by atoms with Crippen molar-refractivity contribution in [1.29, 1.82) is 0 Å². The number of aromatic nitrogens is 1. The third kappa shape index (κ3) is 4.79. The van der Waals surface area contributed by atoms with Crippen LogP contribution in [-0.4, -0.2) is 9.82 Å². The standard InChI is InChI=1S/C49H39NS2/c1-49(41-16-10-18-46-48(41)39-15-8-9-17-44(39)51-46)26-25-45-40(30-49)38-24-21-35(29-47(38)52-45)50-42-27-33(31-11-4-2-5-12-31)19-22-36(42)37-23-20-34(28-43(37)50)32-13-6-3-7-14-32/h2-25,27,29,34,40,46,48H,26,28,30H2,1H3. The minimum absolute atomic E-state index is 0.128. The van der Waals surface area contributed by atoms with Crippen LogP contribution in [-0.2, 0) is 6.42 Å². The van der Waals surface area contributed by atoms with Crippen LogP contribution in [0.15, 0.2) is 172 Å². The molecule has 3 heterocycles. The Bertz CT molecular complexity index is 2530. The summed E-state index contributed by atoms with van der Waals surface area (Å²) in [5.74, 6) is 1.28. The van der Waals surface area contributed by atoms with Crippen LogP contribution in [0.4, 0.5) is 0 Å². The quantitative estimate of drug-likeness (QED) is 0.180. The van der Waals surface area contributed by atoms with Crippen LogP contribution in [0.2, 0.25) is 0 Å². The lowest BCUT2D eigenvalue weighted by molar-refractivity contribution is 0.318. The molecule has 0 saturated carbocycles. The molecule has 0 bridgehead atoms. The van der Waals surface area contributed by atoms with Crippen molar-refractivity contribution in [3.8, 4) is 16.8 Å². The fraction of sp³-hybridized carbons (Fsp3) is 0.184. The Morgan fingerprint density at radius 3 is 2.46 bits per heavy atom. The van der Waals surface area contributed by atoms with Gasteiger partial charge >= 0.3 is 0 Å². The van der Waals surface area contributed by atoms with E-state index in [0.29, 0.717) is 23.0 Å². The number of hydrogen-bond acceptors (Lipinski definition) is 2. The van der Waals surface area contributed by atoms with Crippen molar-refractivity contribution in [3.63, 3.8) is 0 Å². The zero-order chi connectivity index (χ0) is 34.4. The molecule has 5 atom stereocenters. The molecule has 0 fully saturated rings. The van der Waals surface area contributed by atoms with E-state index < -0.39 is 0 Å². The van der Waals surface area contributed by atoms with E-state index >= 15 is 0 Å². The van der Waals surface area contributed by atoms with Gasteiger partial charge in [0.1, 0.15) is 0 Å². The number of thioether (sulfide) groups is 2. The van der Waals surface area contributed by atoms with Crippen LogP contribution in [0.3, 0.4) is 0 Å². The maximum atomic E-state index is 2.59. The summed E-state index contributed by atoms with van der Waals surface area (Å²) < 4.78 is 2.59. The Labute approximate surface area is 314 Å². The summed E-state index contributed by atoms with van der Waals surface area (Å²) in [5.41, 5.74) is 14.0. The molecule has 6 aromatic rings. The van der Waals surface area contributed by atoms with Gasteiger partial charge in [0.2, 0.25) is 0 Å². The molecule has 1 nitrogen and oxygen atoms in total. The molecule has 11 rings (SSSR count). The minimum Gasteiger partial charge on any atom is -0.313 e. The van der Waals surface area contributed by atoms with Gasteiger partial charge in [-0.2, -0.15) is 0 Å². The predicted molar refractivity (Wildman–Crippen MR) is 221 cm³/mol. The number of fused-ring (bicyclic) bond motifs is 9. The second kappa shape index (κ2) is 11.9. The third-order valence-electron chi connectivity index (χ3n) is 12.4. The predicted octanol–water partition coefficient (Wildman–Crippen LogP) is 13.3. The van der Waals surface area contributed by atoms with Gasteiger partial charge in [-0.1, -0.05) is 158 Å². The van der Waals surface area contributed by atoms with Crippen molar-refractivity contribution in [3.05, 3.63) is 190 Å². The van der Waals surface area contributed by atoms with E-state index in [-0.39, 0.29) is 5.41 Å². The van der Waals surface area contributed by atoms with Crippen molar-refractivity contribution >= 4 is 40.5 Å². The summed E-state index contributed by atoms with van der Waals surface area (Å²) >= 11 is 4.07. The lowest BCUT2D eigenvalue weighted by atomic mass is 9.63. The van der Waals surface area contributed by atoms with E-state index in [9.17, 15) is 0 Å².